The quantitative estimate of drug-likeness (QED) is 0.781. The number of amides is 1. The van der Waals surface area contributed by atoms with Crippen molar-refractivity contribution in [3.05, 3.63) is 29.3 Å². The average molecular weight is 273 g/mol. The normalized spacial score (nSPS) is 23.4. The maximum Gasteiger partial charge on any atom is 0.494 e. The Morgan fingerprint density at radius 3 is 2.40 bits per heavy atom. The maximum absolute atomic E-state index is 11.5. The van der Waals surface area contributed by atoms with Crippen molar-refractivity contribution in [2.75, 3.05) is 0 Å². The van der Waals surface area contributed by atoms with Crippen LogP contribution in [0.4, 0.5) is 0 Å². The van der Waals surface area contributed by atoms with Crippen LogP contribution in [-0.2, 0) is 27.1 Å². The van der Waals surface area contributed by atoms with E-state index in [4.69, 9.17) is 9.31 Å². The lowest BCUT2D eigenvalue weighted by molar-refractivity contribution is -0.121. The lowest BCUT2D eigenvalue weighted by atomic mass is 9.77. The molecule has 20 heavy (non-hydrogen) atoms. The number of fused-ring (bicyclic) bond motifs is 1. The zero-order valence-corrected chi connectivity index (χ0v) is 12.4. The molecule has 1 aromatic carbocycles. The largest absolute Gasteiger partial charge is 0.494 e. The van der Waals surface area contributed by atoms with E-state index in [1.807, 2.05) is 39.8 Å². The molecule has 2 aliphatic rings. The van der Waals surface area contributed by atoms with Gasteiger partial charge in [-0.2, -0.15) is 0 Å². The lowest BCUT2D eigenvalue weighted by Crippen LogP contribution is -2.41. The molecule has 1 saturated heterocycles. The van der Waals surface area contributed by atoms with E-state index in [1.54, 1.807) is 0 Å². The summed E-state index contributed by atoms with van der Waals surface area (Å²) < 4.78 is 12.1. The molecule has 1 N–H and O–H groups in total. The maximum atomic E-state index is 11.5. The molecular formula is C15H20BNO3. The van der Waals surface area contributed by atoms with Crippen LogP contribution in [0, 0.1) is 0 Å². The van der Waals surface area contributed by atoms with Gasteiger partial charge in [0.15, 0.2) is 0 Å². The summed E-state index contributed by atoms with van der Waals surface area (Å²) in [6.45, 7) is 8.77. The van der Waals surface area contributed by atoms with Crippen molar-refractivity contribution < 1.29 is 14.1 Å². The summed E-state index contributed by atoms with van der Waals surface area (Å²) in [6, 6.07) is 6.11. The first-order valence-corrected chi connectivity index (χ1v) is 7.02. The van der Waals surface area contributed by atoms with Crippen LogP contribution in [-0.4, -0.2) is 24.2 Å². The summed E-state index contributed by atoms with van der Waals surface area (Å²) in [4.78, 5) is 11.5. The monoisotopic (exact) mass is 273 g/mol. The molecule has 2 heterocycles. The standard InChI is InChI=1S/C15H20BNO3/c1-14(2)15(3,4)20-16(19-14)12-6-5-10-9-17-13(18)8-11(10)7-12/h5-7H,8-9H2,1-4H3,(H,17,18). The predicted octanol–water partition coefficient (Wildman–Crippen LogP) is 1.16. The van der Waals surface area contributed by atoms with Gasteiger partial charge in [-0.3, -0.25) is 4.79 Å². The first-order valence-electron chi connectivity index (χ1n) is 7.02. The Morgan fingerprint density at radius 2 is 1.75 bits per heavy atom. The molecule has 0 spiro atoms. The van der Waals surface area contributed by atoms with Crippen LogP contribution in [0.15, 0.2) is 18.2 Å². The third-order valence-corrected chi connectivity index (χ3v) is 4.58. The van der Waals surface area contributed by atoms with E-state index in [2.05, 4.69) is 11.4 Å². The van der Waals surface area contributed by atoms with Gasteiger partial charge in [0.2, 0.25) is 5.91 Å². The first-order chi connectivity index (χ1) is 9.28. The highest BCUT2D eigenvalue weighted by Gasteiger charge is 2.51. The zero-order valence-electron chi connectivity index (χ0n) is 12.4. The highest BCUT2D eigenvalue weighted by atomic mass is 16.7. The molecule has 0 aliphatic carbocycles. The number of carbonyl (C=O) groups excluding carboxylic acids is 1. The van der Waals surface area contributed by atoms with Gasteiger partial charge in [-0.15, -0.1) is 0 Å². The van der Waals surface area contributed by atoms with Crippen LogP contribution < -0.4 is 10.8 Å². The highest BCUT2D eigenvalue weighted by molar-refractivity contribution is 6.62. The van der Waals surface area contributed by atoms with Gasteiger partial charge < -0.3 is 14.6 Å². The van der Waals surface area contributed by atoms with Gasteiger partial charge in [0.25, 0.3) is 0 Å². The number of hydrogen-bond acceptors (Lipinski definition) is 3. The molecule has 3 rings (SSSR count). The second-order valence-electron chi connectivity index (χ2n) is 6.57. The Balaban J connectivity index is 1.89. The van der Waals surface area contributed by atoms with Gasteiger partial charge in [-0.1, -0.05) is 18.2 Å². The summed E-state index contributed by atoms with van der Waals surface area (Å²) in [5, 5.41) is 2.85. The SMILES string of the molecule is CC1(C)OB(c2ccc3c(c2)CC(=O)NC3)OC1(C)C. The third-order valence-electron chi connectivity index (χ3n) is 4.58. The Labute approximate surface area is 120 Å². The molecule has 4 nitrogen and oxygen atoms in total. The highest BCUT2D eigenvalue weighted by Crippen LogP contribution is 2.36. The van der Waals surface area contributed by atoms with Crippen molar-refractivity contribution in [2.24, 2.45) is 0 Å². The second-order valence-corrected chi connectivity index (χ2v) is 6.57. The first kappa shape index (κ1) is 13.6. The Hall–Kier alpha value is -1.33. The summed E-state index contributed by atoms with van der Waals surface area (Å²) in [5.74, 6) is 0.0727. The lowest BCUT2D eigenvalue weighted by Gasteiger charge is -2.32. The van der Waals surface area contributed by atoms with Crippen LogP contribution in [0.3, 0.4) is 0 Å². The van der Waals surface area contributed by atoms with E-state index in [0.29, 0.717) is 13.0 Å². The minimum atomic E-state index is -0.365. The Kier molecular flexibility index (Phi) is 2.96. The fraction of sp³-hybridized carbons (Fsp3) is 0.533. The molecule has 1 amide bonds. The molecule has 0 atom stereocenters. The second kappa shape index (κ2) is 4.33. The fourth-order valence-electron chi connectivity index (χ4n) is 2.54. The molecule has 2 aliphatic heterocycles. The molecule has 0 radical (unpaired) electrons. The minimum absolute atomic E-state index is 0.0727. The van der Waals surface area contributed by atoms with Gasteiger partial charge in [-0.25, -0.2) is 0 Å². The van der Waals surface area contributed by atoms with Gasteiger partial charge in [0.05, 0.1) is 17.6 Å². The molecule has 0 bridgehead atoms. The zero-order chi connectivity index (χ0) is 14.5. The molecule has 1 fully saturated rings. The summed E-state index contributed by atoms with van der Waals surface area (Å²) >= 11 is 0. The van der Waals surface area contributed by atoms with Gasteiger partial charge >= 0.3 is 7.12 Å². The van der Waals surface area contributed by atoms with Crippen LogP contribution in [0.1, 0.15) is 38.8 Å². The van der Waals surface area contributed by atoms with Crippen LogP contribution in [0.25, 0.3) is 0 Å². The molecule has 106 valence electrons. The summed E-state index contributed by atoms with van der Waals surface area (Å²) in [5.41, 5.74) is 2.54. The topological polar surface area (TPSA) is 47.6 Å². The average Bonchev–Trinajstić information content (AvgIpc) is 2.57. The van der Waals surface area contributed by atoms with E-state index < -0.39 is 0 Å². The van der Waals surface area contributed by atoms with Gasteiger partial charge in [0.1, 0.15) is 0 Å². The van der Waals surface area contributed by atoms with Crippen LogP contribution in [0.2, 0.25) is 0 Å². The van der Waals surface area contributed by atoms with Crippen LogP contribution >= 0.6 is 0 Å². The van der Waals surface area contributed by atoms with E-state index in [-0.39, 0.29) is 24.2 Å². The summed E-state index contributed by atoms with van der Waals surface area (Å²) in [7, 11) is -0.365. The van der Waals surface area contributed by atoms with E-state index in [9.17, 15) is 4.79 Å². The van der Waals surface area contributed by atoms with Gasteiger partial charge in [-0.05, 0) is 44.3 Å². The molecular weight excluding hydrogens is 253 g/mol. The fourth-order valence-corrected chi connectivity index (χ4v) is 2.54. The van der Waals surface area contributed by atoms with Crippen molar-refractivity contribution >= 4 is 18.5 Å². The van der Waals surface area contributed by atoms with Crippen LogP contribution in [0.5, 0.6) is 0 Å². The molecule has 5 heteroatoms. The number of carbonyl (C=O) groups is 1. The van der Waals surface area contributed by atoms with Crippen molar-refractivity contribution in [1.29, 1.82) is 0 Å². The van der Waals surface area contributed by atoms with Crippen molar-refractivity contribution in [3.8, 4) is 0 Å². The van der Waals surface area contributed by atoms with Gasteiger partial charge in [0, 0.05) is 6.54 Å². The number of hydrogen-bond donors (Lipinski definition) is 1. The summed E-state index contributed by atoms with van der Waals surface area (Å²) in [6.07, 6.45) is 0.433. The van der Waals surface area contributed by atoms with Crippen molar-refractivity contribution in [2.45, 2.75) is 51.9 Å². The Morgan fingerprint density at radius 1 is 1.10 bits per heavy atom. The molecule has 1 aromatic rings. The molecule has 0 saturated carbocycles. The van der Waals surface area contributed by atoms with E-state index in [0.717, 1.165) is 11.0 Å². The van der Waals surface area contributed by atoms with Crippen molar-refractivity contribution in [1.82, 2.24) is 5.32 Å². The smallest absolute Gasteiger partial charge is 0.399 e. The molecule has 0 unspecified atom stereocenters. The number of benzene rings is 1. The molecule has 0 aromatic heterocycles. The Bertz CT molecular complexity index is 552. The van der Waals surface area contributed by atoms with E-state index >= 15 is 0 Å². The predicted molar refractivity (Wildman–Crippen MR) is 77.7 cm³/mol. The minimum Gasteiger partial charge on any atom is -0.399 e. The third kappa shape index (κ3) is 2.15. The van der Waals surface area contributed by atoms with Crippen molar-refractivity contribution in [3.63, 3.8) is 0 Å². The number of nitrogens with one attached hydrogen (secondary N) is 1. The number of rotatable bonds is 1. The van der Waals surface area contributed by atoms with E-state index in [1.165, 1.54) is 5.56 Å².